The van der Waals surface area contributed by atoms with E-state index < -0.39 is 36.1 Å². The first kappa shape index (κ1) is 11.7. The number of carbonyl (C=O) groups is 2. The number of aliphatic carboxylic acids is 2. The van der Waals surface area contributed by atoms with Crippen molar-refractivity contribution in [3.05, 3.63) is 33.1 Å². The highest BCUT2D eigenvalue weighted by Gasteiger charge is 2.09. The van der Waals surface area contributed by atoms with E-state index in [1.165, 1.54) is 0 Å². The highest BCUT2D eigenvalue weighted by Crippen LogP contribution is 1.82. The molecule has 0 fully saturated rings. The van der Waals surface area contributed by atoms with Gasteiger partial charge >= 0.3 is 23.1 Å². The Bertz CT molecular complexity index is 491. The minimum atomic E-state index is -1.27. The largest absolute Gasteiger partial charge is 0.480 e. The molecule has 8 nitrogen and oxygen atoms in total. The Morgan fingerprint density at radius 3 is 1.50 bits per heavy atom. The van der Waals surface area contributed by atoms with E-state index in [0.717, 1.165) is 12.4 Å². The number of nitrogens with zero attached hydrogens (tertiary/aromatic N) is 2. The molecule has 1 rings (SSSR count). The molecule has 0 aromatic carbocycles. The topological polar surface area (TPSA) is 119 Å². The minimum absolute atomic E-state index is 0.637. The van der Waals surface area contributed by atoms with Crippen LogP contribution in [0.4, 0.5) is 0 Å². The van der Waals surface area contributed by atoms with Gasteiger partial charge in [0.25, 0.3) is 0 Å². The molecule has 0 amide bonds. The Balaban J connectivity index is 3.19. The molecule has 0 saturated carbocycles. The van der Waals surface area contributed by atoms with Gasteiger partial charge in [0.15, 0.2) is 0 Å². The zero-order chi connectivity index (χ0) is 12.3. The van der Waals surface area contributed by atoms with Gasteiger partial charge in [-0.15, -0.1) is 0 Å². The molecule has 8 heteroatoms. The average molecular weight is 228 g/mol. The second kappa shape index (κ2) is 4.43. The molecule has 1 aromatic heterocycles. The highest BCUT2D eigenvalue weighted by atomic mass is 16.4. The maximum absolute atomic E-state index is 11.3. The first-order valence-corrected chi connectivity index (χ1v) is 4.15. The zero-order valence-corrected chi connectivity index (χ0v) is 7.99. The number of carboxylic acid groups (broad SMARTS) is 2. The summed E-state index contributed by atoms with van der Waals surface area (Å²) in [4.78, 5) is 43.2. The molecule has 86 valence electrons. The highest BCUT2D eigenvalue weighted by molar-refractivity contribution is 5.67. The molecule has 2 N–H and O–H groups in total. The Labute approximate surface area is 88.0 Å². The van der Waals surface area contributed by atoms with Crippen molar-refractivity contribution in [2.75, 3.05) is 0 Å². The lowest BCUT2D eigenvalue weighted by Crippen LogP contribution is -2.42. The summed E-state index contributed by atoms with van der Waals surface area (Å²) in [5.41, 5.74) is -2.13. The standard InChI is InChI=1S/C8H8N2O6/c11-5(12)3-9-1-2-10(4-6(13)14)8(16)7(9)15/h1-2H,3-4H2,(H,11,12)(H,13,14). The molecule has 0 aliphatic rings. The van der Waals surface area contributed by atoms with E-state index in [4.69, 9.17) is 10.2 Å². The Morgan fingerprint density at radius 1 is 0.938 bits per heavy atom. The molecule has 0 atom stereocenters. The van der Waals surface area contributed by atoms with Crippen molar-refractivity contribution < 1.29 is 19.8 Å². The lowest BCUT2D eigenvalue weighted by Gasteiger charge is -2.04. The number of carboxylic acids is 2. The smallest absolute Gasteiger partial charge is 0.323 e. The van der Waals surface area contributed by atoms with Crippen LogP contribution in [0.2, 0.25) is 0 Å². The summed E-state index contributed by atoms with van der Waals surface area (Å²) in [5.74, 6) is -2.53. The summed E-state index contributed by atoms with van der Waals surface area (Å²) in [5, 5.41) is 16.9. The van der Waals surface area contributed by atoms with Crippen LogP contribution in [0.15, 0.2) is 22.0 Å². The lowest BCUT2D eigenvalue weighted by atomic mass is 10.5. The van der Waals surface area contributed by atoms with E-state index in [-0.39, 0.29) is 0 Å². The number of aromatic nitrogens is 2. The first-order valence-electron chi connectivity index (χ1n) is 4.15. The van der Waals surface area contributed by atoms with Crippen LogP contribution in [0.5, 0.6) is 0 Å². The predicted octanol–water partition coefficient (Wildman–Crippen LogP) is -1.82. The van der Waals surface area contributed by atoms with Gasteiger partial charge in [-0.25, -0.2) is 0 Å². The van der Waals surface area contributed by atoms with Gasteiger partial charge in [0.1, 0.15) is 13.1 Å². The molecule has 0 aliphatic heterocycles. The van der Waals surface area contributed by atoms with Crippen LogP contribution in [0.3, 0.4) is 0 Å². The van der Waals surface area contributed by atoms with Crippen molar-refractivity contribution in [3.63, 3.8) is 0 Å². The second-order valence-electron chi connectivity index (χ2n) is 2.95. The SMILES string of the molecule is O=C(O)Cn1ccn(CC(=O)O)c(=O)c1=O. The molecule has 16 heavy (non-hydrogen) atoms. The first-order chi connectivity index (χ1) is 7.41. The van der Waals surface area contributed by atoms with E-state index >= 15 is 0 Å². The van der Waals surface area contributed by atoms with Crippen LogP contribution >= 0.6 is 0 Å². The molecule has 0 unspecified atom stereocenters. The van der Waals surface area contributed by atoms with Gasteiger partial charge in [-0.2, -0.15) is 0 Å². The summed E-state index contributed by atoms with van der Waals surface area (Å²) in [7, 11) is 0. The van der Waals surface area contributed by atoms with Gasteiger partial charge in [0.2, 0.25) is 0 Å². The normalized spacial score (nSPS) is 10.0. The van der Waals surface area contributed by atoms with Crippen LogP contribution in [0.25, 0.3) is 0 Å². The van der Waals surface area contributed by atoms with E-state index in [1.54, 1.807) is 0 Å². The molecule has 1 aromatic rings. The third kappa shape index (κ3) is 2.56. The zero-order valence-electron chi connectivity index (χ0n) is 7.99. The summed E-state index contributed by atoms with van der Waals surface area (Å²) in [6.45, 7) is -1.27. The van der Waals surface area contributed by atoms with Crippen molar-refractivity contribution in [1.82, 2.24) is 9.13 Å². The Hall–Kier alpha value is -2.38. The third-order valence-electron chi connectivity index (χ3n) is 1.74. The molecule has 0 aliphatic carbocycles. The summed E-state index contributed by atoms with van der Waals surface area (Å²) < 4.78 is 1.39. The maximum atomic E-state index is 11.3. The van der Waals surface area contributed by atoms with Gasteiger partial charge in [-0.3, -0.25) is 28.3 Å². The van der Waals surface area contributed by atoms with Gasteiger partial charge in [-0.1, -0.05) is 0 Å². The predicted molar refractivity (Wildman–Crippen MR) is 50.2 cm³/mol. The van der Waals surface area contributed by atoms with E-state index in [2.05, 4.69) is 0 Å². The third-order valence-corrected chi connectivity index (χ3v) is 1.74. The summed E-state index contributed by atoms with van der Waals surface area (Å²) >= 11 is 0. The fraction of sp³-hybridized carbons (Fsp3) is 0.250. The Morgan fingerprint density at radius 2 is 1.25 bits per heavy atom. The van der Waals surface area contributed by atoms with Crippen LogP contribution in [0, 0.1) is 0 Å². The maximum Gasteiger partial charge on any atom is 0.323 e. The number of hydrogen-bond donors (Lipinski definition) is 2. The molecule has 1 heterocycles. The van der Waals surface area contributed by atoms with Crippen molar-refractivity contribution in [2.45, 2.75) is 13.1 Å². The molecule has 0 bridgehead atoms. The number of hydrogen-bond acceptors (Lipinski definition) is 4. The van der Waals surface area contributed by atoms with E-state index in [1.807, 2.05) is 0 Å². The lowest BCUT2D eigenvalue weighted by molar-refractivity contribution is -0.139. The number of rotatable bonds is 4. The quantitative estimate of drug-likeness (QED) is 0.585. The van der Waals surface area contributed by atoms with Crippen LogP contribution in [-0.2, 0) is 22.7 Å². The fourth-order valence-corrected chi connectivity index (χ4v) is 1.08. The van der Waals surface area contributed by atoms with Gasteiger partial charge in [0.05, 0.1) is 0 Å². The van der Waals surface area contributed by atoms with Crippen molar-refractivity contribution >= 4 is 11.9 Å². The van der Waals surface area contributed by atoms with E-state index in [9.17, 15) is 19.2 Å². The van der Waals surface area contributed by atoms with Crippen molar-refractivity contribution in [2.24, 2.45) is 0 Å². The van der Waals surface area contributed by atoms with Crippen LogP contribution in [0.1, 0.15) is 0 Å². The molecule has 0 radical (unpaired) electrons. The average Bonchev–Trinajstić information content (AvgIpc) is 2.16. The molecular weight excluding hydrogens is 220 g/mol. The van der Waals surface area contributed by atoms with Gasteiger partial charge in [0, 0.05) is 12.4 Å². The van der Waals surface area contributed by atoms with Crippen molar-refractivity contribution in [3.8, 4) is 0 Å². The van der Waals surface area contributed by atoms with Gasteiger partial charge in [-0.05, 0) is 0 Å². The van der Waals surface area contributed by atoms with Crippen LogP contribution < -0.4 is 11.1 Å². The van der Waals surface area contributed by atoms with E-state index in [0.29, 0.717) is 9.13 Å². The second-order valence-corrected chi connectivity index (χ2v) is 2.95. The molecule has 0 saturated heterocycles. The van der Waals surface area contributed by atoms with Crippen molar-refractivity contribution in [1.29, 1.82) is 0 Å². The van der Waals surface area contributed by atoms with Gasteiger partial charge < -0.3 is 10.2 Å². The molecule has 0 spiro atoms. The Kier molecular flexibility index (Phi) is 3.24. The fourth-order valence-electron chi connectivity index (χ4n) is 1.08. The minimum Gasteiger partial charge on any atom is -0.480 e. The molecular formula is C8H8N2O6. The summed E-state index contributed by atoms with van der Waals surface area (Å²) in [6, 6.07) is 0. The van der Waals surface area contributed by atoms with Crippen LogP contribution in [-0.4, -0.2) is 31.3 Å². The summed E-state index contributed by atoms with van der Waals surface area (Å²) in [6.07, 6.45) is 2.11. The monoisotopic (exact) mass is 228 g/mol.